The van der Waals surface area contributed by atoms with Gasteiger partial charge in [0.25, 0.3) is 5.56 Å². The summed E-state index contributed by atoms with van der Waals surface area (Å²) in [5.74, 6) is 1.14. The molecular weight excluding hydrogens is 444 g/mol. The van der Waals surface area contributed by atoms with E-state index in [2.05, 4.69) is 29.4 Å². The lowest BCUT2D eigenvalue weighted by Gasteiger charge is -2.14. The molecule has 4 heterocycles. The minimum atomic E-state index is -0.100. The van der Waals surface area contributed by atoms with E-state index in [9.17, 15) is 4.79 Å². The molecule has 7 nitrogen and oxygen atoms in total. The second-order valence-corrected chi connectivity index (χ2v) is 9.43. The molecule has 4 aromatic heterocycles. The van der Waals surface area contributed by atoms with Crippen LogP contribution < -0.4 is 5.56 Å². The Morgan fingerprint density at radius 2 is 1.76 bits per heavy atom. The van der Waals surface area contributed by atoms with Gasteiger partial charge in [-0.15, -0.1) is 10.2 Å². The van der Waals surface area contributed by atoms with Gasteiger partial charge in [-0.25, -0.2) is 9.55 Å². The van der Waals surface area contributed by atoms with Crippen LogP contribution >= 0.6 is 11.8 Å². The van der Waals surface area contributed by atoms with Crippen molar-refractivity contribution >= 4 is 34.1 Å². The zero-order chi connectivity index (χ0) is 23.4. The van der Waals surface area contributed by atoms with Crippen LogP contribution in [0.25, 0.3) is 28.0 Å². The summed E-state index contributed by atoms with van der Waals surface area (Å²) in [6, 6.07) is 17.7. The molecule has 0 bridgehead atoms. The van der Waals surface area contributed by atoms with Crippen molar-refractivity contribution in [2.75, 3.05) is 0 Å². The number of fused-ring (bicyclic) bond motifs is 4. The summed E-state index contributed by atoms with van der Waals surface area (Å²) in [6.45, 7) is 6.14. The van der Waals surface area contributed by atoms with Gasteiger partial charge < -0.3 is 4.40 Å². The summed E-state index contributed by atoms with van der Waals surface area (Å²) < 4.78 is 5.69. The van der Waals surface area contributed by atoms with Crippen molar-refractivity contribution < 1.29 is 0 Å². The lowest BCUT2D eigenvalue weighted by molar-refractivity contribution is 0.927. The van der Waals surface area contributed by atoms with E-state index in [1.54, 1.807) is 16.3 Å². The number of para-hydroxylation sites is 1. The summed E-state index contributed by atoms with van der Waals surface area (Å²) in [5.41, 5.74) is 6.73. The van der Waals surface area contributed by atoms with Crippen LogP contribution in [-0.4, -0.2) is 28.5 Å². The molecule has 0 radical (unpaired) electrons. The lowest BCUT2D eigenvalue weighted by atomic mass is 10.1. The number of rotatable bonds is 4. The smallest absolute Gasteiger partial charge is 0.267 e. The predicted molar refractivity (Wildman–Crippen MR) is 135 cm³/mol. The number of imidazole rings is 1. The van der Waals surface area contributed by atoms with Gasteiger partial charge >= 0.3 is 0 Å². The average molecular weight is 467 g/mol. The summed E-state index contributed by atoms with van der Waals surface area (Å²) in [7, 11) is 0. The van der Waals surface area contributed by atoms with E-state index in [-0.39, 0.29) is 5.56 Å². The number of benzene rings is 2. The van der Waals surface area contributed by atoms with E-state index in [1.165, 1.54) is 5.56 Å². The molecule has 6 aromatic rings. The first kappa shape index (κ1) is 20.7. The zero-order valence-corrected chi connectivity index (χ0v) is 19.9. The third-order valence-corrected chi connectivity index (χ3v) is 7.17. The van der Waals surface area contributed by atoms with E-state index in [4.69, 9.17) is 4.98 Å². The summed E-state index contributed by atoms with van der Waals surface area (Å²) in [5, 5.41) is 10.3. The highest BCUT2D eigenvalue weighted by molar-refractivity contribution is 7.98. The number of aromatic nitrogens is 6. The Morgan fingerprint density at radius 1 is 0.912 bits per heavy atom. The molecular formula is C26H22N6OS. The number of hydrogen-bond donors (Lipinski definition) is 0. The van der Waals surface area contributed by atoms with Gasteiger partial charge in [-0.1, -0.05) is 42.1 Å². The number of hydrogen-bond acceptors (Lipinski definition) is 5. The highest BCUT2D eigenvalue weighted by Crippen LogP contribution is 2.27. The van der Waals surface area contributed by atoms with Crippen LogP contribution in [0.5, 0.6) is 0 Å². The molecule has 0 saturated heterocycles. The first-order valence-electron chi connectivity index (χ1n) is 11.0. The highest BCUT2D eigenvalue weighted by atomic mass is 32.2. The fourth-order valence-electron chi connectivity index (χ4n) is 4.33. The maximum absolute atomic E-state index is 13.6. The molecule has 0 amide bonds. The molecule has 34 heavy (non-hydrogen) atoms. The van der Waals surface area contributed by atoms with Gasteiger partial charge in [-0.3, -0.25) is 9.20 Å². The Kier molecular flexibility index (Phi) is 4.77. The number of aryl methyl sites for hydroxylation is 2. The third kappa shape index (κ3) is 3.21. The van der Waals surface area contributed by atoms with Crippen LogP contribution in [-0.2, 0) is 5.75 Å². The molecule has 6 rings (SSSR count). The monoisotopic (exact) mass is 466 g/mol. The van der Waals surface area contributed by atoms with Gasteiger partial charge in [0.1, 0.15) is 5.65 Å². The molecule has 0 N–H and O–H groups in total. The molecule has 0 unspecified atom stereocenters. The number of thioether (sulfide) groups is 1. The SMILES string of the molecule is Cc1ccc2nc(CSc3nnc4n(-c5cccc(C)c5C)c(=O)c5ccccc5n34)cn2c1. The molecule has 0 aliphatic heterocycles. The fourth-order valence-corrected chi connectivity index (χ4v) is 5.15. The largest absolute Gasteiger partial charge is 0.307 e. The molecule has 0 aliphatic carbocycles. The summed E-state index contributed by atoms with van der Waals surface area (Å²) >= 11 is 1.56. The highest BCUT2D eigenvalue weighted by Gasteiger charge is 2.19. The van der Waals surface area contributed by atoms with Gasteiger partial charge in [0.05, 0.1) is 22.3 Å². The molecule has 168 valence electrons. The number of pyridine rings is 1. The van der Waals surface area contributed by atoms with E-state index in [1.807, 2.05) is 77.4 Å². The lowest BCUT2D eigenvalue weighted by Crippen LogP contribution is -2.22. The first-order valence-corrected chi connectivity index (χ1v) is 12.0. The first-order chi connectivity index (χ1) is 16.5. The molecule has 0 fully saturated rings. The van der Waals surface area contributed by atoms with Crippen molar-refractivity contribution in [1.82, 2.24) is 28.5 Å². The Morgan fingerprint density at radius 3 is 2.65 bits per heavy atom. The van der Waals surface area contributed by atoms with Crippen molar-refractivity contribution in [3.8, 4) is 5.69 Å². The molecule has 0 saturated carbocycles. The van der Waals surface area contributed by atoms with E-state index < -0.39 is 0 Å². The molecule has 0 aliphatic rings. The van der Waals surface area contributed by atoms with Crippen molar-refractivity contribution in [2.24, 2.45) is 0 Å². The van der Waals surface area contributed by atoms with Gasteiger partial charge in [-0.05, 0) is 61.7 Å². The summed E-state index contributed by atoms with van der Waals surface area (Å²) in [6.07, 6.45) is 4.11. The predicted octanol–water partition coefficient (Wildman–Crippen LogP) is 4.90. The van der Waals surface area contributed by atoms with Crippen LogP contribution in [0.1, 0.15) is 22.4 Å². The zero-order valence-electron chi connectivity index (χ0n) is 19.1. The van der Waals surface area contributed by atoms with E-state index in [0.717, 1.165) is 38.8 Å². The van der Waals surface area contributed by atoms with Crippen molar-refractivity contribution in [2.45, 2.75) is 31.7 Å². The van der Waals surface area contributed by atoms with E-state index in [0.29, 0.717) is 16.9 Å². The maximum Gasteiger partial charge on any atom is 0.267 e. The minimum absolute atomic E-state index is 0.100. The van der Waals surface area contributed by atoms with Crippen molar-refractivity contribution in [3.05, 3.63) is 99.7 Å². The topological polar surface area (TPSA) is 69.5 Å². The molecule has 0 spiro atoms. The van der Waals surface area contributed by atoms with Crippen LogP contribution in [0.15, 0.2) is 76.9 Å². The van der Waals surface area contributed by atoms with Crippen LogP contribution in [0.4, 0.5) is 0 Å². The number of nitrogens with zero attached hydrogens (tertiary/aromatic N) is 6. The van der Waals surface area contributed by atoms with Crippen molar-refractivity contribution in [1.29, 1.82) is 0 Å². The Bertz CT molecular complexity index is 1780. The minimum Gasteiger partial charge on any atom is -0.307 e. The van der Waals surface area contributed by atoms with E-state index >= 15 is 0 Å². The summed E-state index contributed by atoms with van der Waals surface area (Å²) in [4.78, 5) is 18.3. The molecule has 0 atom stereocenters. The maximum atomic E-state index is 13.6. The van der Waals surface area contributed by atoms with Crippen molar-refractivity contribution in [3.63, 3.8) is 0 Å². The second kappa shape index (κ2) is 7.85. The quantitative estimate of drug-likeness (QED) is 0.346. The Hall–Kier alpha value is -3.91. The fraction of sp³-hybridized carbons (Fsp3) is 0.154. The second-order valence-electron chi connectivity index (χ2n) is 8.49. The Labute approximate surface area is 199 Å². The van der Waals surface area contributed by atoms with Gasteiger partial charge in [0.15, 0.2) is 5.16 Å². The molecule has 8 heteroatoms. The van der Waals surface area contributed by atoms with Gasteiger partial charge in [0.2, 0.25) is 5.78 Å². The average Bonchev–Trinajstić information content (AvgIpc) is 3.44. The van der Waals surface area contributed by atoms with Crippen LogP contribution in [0.3, 0.4) is 0 Å². The van der Waals surface area contributed by atoms with Crippen LogP contribution in [0, 0.1) is 20.8 Å². The normalized spacial score (nSPS) is 11.7. The van der Waals surface area contributed by atoms with Gasteiger partial charge in [0, 0.05) is 18.1 Å². The standard InChI is InChI=1S/C26H22N6OS/c1-16-11-12-23-27-19(14-30(23)13-16)15-34-26-29-28-25-31(21-10-6-7-17(2)18(21)3)24(33)20-8-4-5-9-22(20)32(25)26/h4-14H,15H2,1-3H3. The van der Waals surface area contributed by atoms with Gasteiger partial charge in [-0.2, -0.15) is 0 Å². The van der Waals surface area contributed by atoms with Crippen LogP contribution in [0.2, 0.25) is 0 Å². The Balaban J connectivity index is 1.51. The third-order valence-electron chi connectivity index (χ3n) is 6.21. The molecule has 2 aromatic carbocycles.